The van der Waals surface area contributed by atoms with Crippen LogP contribution in [0.4, 0.5) is 0 Å². The highest BCUT2D eigenvalue weighted by Crippen LogP contribution is 2.29. The van der Waals surface area contributed by atoms with Crippen LogP contribution >= 0.6 is 0 Å². The van der Waals surface area contributed by atoms with E-state index in [0.29, 0.717) is 13.0 Å². The SMILES string of the molecule is CC1(C(=O)O)CCCN1C(=O)COC1CCCC1. The second kappa shape index (κ2) is 5.26. The summed E-state index contributed by atoms with van der Waals surface area (Å²) in [7, 11) is 0. The Morgan fingerprint density at radius 1 is 1.33 bits per heavy atom. The Labute approximate surface area is 107 Å². The second-order valence-electron chi connectivity index (χ2n) is 5.45. The minimum absolute atomic E-state index is 0.0214. The molecule has 1 atom stereocenters. The van der Waals surface area contributed by atoms with Crippen LogP contribution in [-0.4, -0.2) is 46.7 Å². The van der Waals surface area contributed by atoms with Gasteiger partial charge in [0, 0.05) is 6.54 Å². The third kappa shape index (κ3) is 2.51. The van der Waals surface area contributed by atoms with Crippen LogP contribution in [0.15, 0.2) is 0 Å². The fraction of sp³-hybridized carbons (Fsp3) is 0.846. The van der Waals surface area contributed by atoms with Gasteiger partial charge in [0.05, 0.1) is 6.10 Å². The van der Waals surface area contributed by atoms with Crippen molar-refractivity contribution in [3.63, 3.8) is 0 Å². The van der Waals surface area contributed by atoms with Gasteiger partial charge < -0.3 is 14.7 Å². The van der Waals surface area contributed by atoms with Gasteiger partial charge in [0.25, 0.3) is 0 Å². The van der Waals surface area contributed by atoms with Crippen molar-refractivity contribution in [3.8, 4) is 0 Å². The molecule has 1 unspecified atom stereocenters. The molecular weight excluding hydrogens is 234 g/mol. The van der Waals surface area contributed by atoms with Crippen molar-refractivity contribution in [2.24, 2.45) is 0 Å². The molecule has 2 rings (SSSR count). The summed E-state index contributed by atoms with van der Waals surface area (Å²) in [5.74, 6) is -1.11. The average molecular weight is 255 g/mol. The average Bonchev–Trinajstić information content (AvgIpc) is 2.95. The quantitative estimate of drug-likeness (QED) is 0.824. The molecule has 2 aliphatic rings. The Bertz CT molecular complexity index is 338. The van der Waals surface area contributed by atoms with Gasteiger partial charge in [-0.25, -0.2) is 4.79 Å². The van der Waals surface area contributed by atoms with Crippen LogP contribution in [0.2, 0.25) is 0 Å². The van der Waals surface area contributed by atoms with Gasteiger partial charge in [-0.05, 0) is 32.6 Å². The summed E-state index contributed by atoms with van der Waals surface area (Å²) in [6.45, 7) is 2.17. The van der Waals surface area contributed by atoms with E-state index in [1.807, 2.05) is 0 Å². The van der Waals surface area contributed by atoms with E-state index in [1.165, 1.54) is 4.90 Å². The molecule has 1 heterocycles. The summed E-state index contributed by atoms with van der Waals surface area (Å²) in [5.41, 5.74) is -1.05. The number of nitrogens with zero attached hydrogens (tertiary/aromatic N) is 1. The van der Waals surface area contributed by atoms with E-state index < -0.39 is 11.5 Å². The molecule has 1 saturated heterocycles. The molecule has 0 aromatic heterocycles. The van der Waals surface area contributed by atoms with Crippen molar-refractivity contribution in [2.75, 3.05) is 13.2 Å². The minimum atomic E-state index is -1.05. The number of carboxylic acid groups (broad SMARTS) is 1. The van der Waals surface area contributed by atoms with Gasteiger partial charge in [-0.15, -0.1) is 0 Å². The zero-order valence-corrected chi connectivity index (χ0v) is 10.9. The molecule has 0 radical (unpaired) electrons. The van der Waals surface area contributed by atoms with Crippen LogP contribution in [0.1, 0.15) is 45.4 Å². The molecule has 1 aliphatic heterocycles. The number of rotatable bonds is 4. The maximum Gasteiger partial charge on any atom is 0.329 e. The number of aliphatic carboxylic acids is 1. The molecule has 1 N–H and O–H groups in total. The van der Waals surface area contributed by atoms with Crippen LogP contribution in [0.5, 0.6) is 0 Å². The van der Waals surface area contributed by atoms with Gasteiger partial charge in [0.1, 0.15) is 12.1 Å². The molecule has 0 aromatic rings. The number of carbonyl (C=O) groups excluding carboxylic acids is 1. The molecule has 1 saturated carbocycles. The van der Waals surface area contributed by atoms with E-state index in [0.717, 1.165) is 32.1 Å². The van der Waals surface area contributed by atoms with Crippen molar-refractivity contribution in [2.45, 2.75) is 57.1 Å². The van der Waals surface area contributed by atoms with E-state index in [-0.39, 0.29) is 18.6 Å². The van der Waals surface area contributed by atoms with Crippen LogP contribution in [0.3, 0.4) is 0 Å². The third-order valence-electron chi connectivity index (χ3n) is 4.15. The lowest BCUT2D eigenvalue weighted by molar-refractivity contribution is -0.157. The summed E-state index contributed by atoms with van der Waals surface area (Å²) >= 11 is 0. The van der Waals surface area contributed by atoms with Crippen LogP contribution < -0.4 is 0 Å². The Hall–Kier alpha value is -1.10. The highest BCUT2D eigenvalue weighted by Gasteiger charge is 2.45. The smallest absolute Gasteiger partial charge is 0.329 e. The minimum Gasteiger partial charge on any atom is -0.480 e. The molecule has 2 fully saturated rings. The molecule has 5 nitrogen and oxygen atoms in total. The maximum absolute atomic E-state index is 12.1. The van der Waals surface area contributed by atoms with Gasteiger partial charge in [-0.3, -0.25) is 4.79 Å². The Morgan fingerprint density at radius 2 is 2.00 bits per heavy atom. The number of amides is 1. The standard InChI is InChI=1S/C13H21NO4/c1-13(12(16)17)7-4-8-14(13)11(15)9-18-10-5-2-3-6-10/h10H,2-9H2,1H3,(H,16,17). The van der Waals surface area contributed by atoms with Crippen molar-refractivity contribution in [3.05, 3.63) is 0 Å². The molecule has 1 aliphatic carbocycles. The molecule has 0 aromatic carbocycles. The number of likely N-dealkylation sites (tertiary alicyclic amines) is 1. The third-order valence-corrected chi connectivity index (χ3v) is 4.15. The summed E-state index contributed by atoms with van der Waals surface area (Å²) in [6, 6.07) is 0. The molecule has 1 amide bonds. The lowest BCUT2D eigenvalue weighted by atomic mass is 9.99. The molecule has 102 valence electrons. The molecular formula is C13H21NO4. The van der Waals surface area contributed by atoms with E-state index in [4.69, 9.17) is 4.74 Å². The normalized spacial score (nSPS) is 28.8. The second-order valence-corrected chi connectivity index (χ2v) is 5.45. The highest BCUT2D eigenvalue weighted by atomic mass is 16.5. The Balaban J connectivity index is 1.89. The monoisotopic (exact) mass is 255 g/mol. The van der Waals surface area contributed by atoms with Gasteiger partial charge in [-0.1, -0.05) is 12.8 Å². The Morgan fingerprint density at radius 3 is 2.61 bits per heavy atom. The summed E-state index contributed by atoms with van der Waals surface area (Å²) in [4.78, 5) is 24.8. The lowest BCUT2D eigenvalue weighted by Crippen LogP contribution is -2.52. The molecule has 5 heteroatoms. The number of hydrogen-bond acceptors (Lipinski definition) is 3. The van der Waals surface area contributed by atoms with Gasteiger partial charge in [0.15, 0.2) is 0 Å². The predicted octanol–water partition coefficient (Wildman–Crippen LogP) is 1.41. The summed E-state index contributed by atoms with van der Waals surface area (Å²) < 4.78 is 5.57. The maximum atomic E-state index is 12.1. The predicted molar refractivity (Wildman–Crippen MR) is 65.2 cm³/mol. The van der Waals surface area contributed by atoms with Crippen molar-refractivity contribution in [1.82, 2.24) is 4.90 Å². The fourth-order valence-corrected chi connectivity index (χ4v) is 2.91. The van der Waals surface area contributed by atoms with Gasteiger partial charge >= 0.3 is 5.97 Å². The van der Waals surface area contributed by atoms with Crippen LogP contribution in [0.25, 0.3) is 0 Å². The first-order chi connectivity index (χ1) is 8.54. The van der Waals surface area contributed by atoms with Gasteiger partial charge in [0.2, 0.25) is 5.91 Å². The van der Waals surface area contributed by atoms with Crippen molar-refractivity contribution in [1.29, 1.82) is 0 Å². The first-order valence-corrected chi connectivity index (χ1v) is 6.69. The first kappa shape index (κ1) is 13.3. The van der Waals surface area contributed by atoms with Crippen LogP contribution in [0, 0.1) is 0 Å². The number of carbonyl (C=O) groups is 2. The number of hydrogen-bond donors (Lipinski definition) is 1. The van der Waals surface area contributed by atoms with Gasteiger partial charge in [-0.2, -0.15) is 0 Å². The summed E-state index contributed by atoms with van der Waals surface area (Å²) in [5, 5.41) is 9.24. The highest BCUT2D eigenvalue weighted by molar-refractivity contribution is 5.88. The lowest BCUT2D eigenvalue weighted by Gasteiger charge is -2.31. The van der Waals surface area contributed by atoms with E-state index in [9.17, 15) is 14.7 Å². The Kier molecular flexibility index (Phi) is 3.90. The molecule has 0 spiro atoms. The van der Waals surface area contributed by atoms with E-state index in [2.05, 4.69) is 0 Å². The zero-order valence-electron chi connectivity index (χ0n) is 10.9. The number of ether oxygens (including phenoxy) is 1. The van der Waals surface area contributed by atoms with Crippen LogP contribution in [-0.2, 0) is 14.3 Å². The fourth-order valence-electron chi connectivity index (χ4n) is 2.91. The van der Waals surface area contributed by atoms with Crippen molar-refractivity contribution < 1.29 is 19.4 Å². The zero-order chi connectivity index (χ0) is 13.2. The first-order valence-electron chi connectivity index (χ1n) is 6.69. The van der Waals surface area contributed by atoms with E-state index >= 15 is 0 Å². The largest absolute Gasteiger partial charge is 0.480 e. The molecule has 0 bridgehead atoms. The van der Waals surface area contributed by atoms with E-state index in [1.54, 1.807) is 6.92 Å². The number of carboxylic acids is 1. The summed E-state index contributed by atoms with van der Waals surface area (Å²) in [6.07, 6.45) is 5.82. The topological polar surface area (TPSA) is 66.8 Å². The van der Waals surface area contributed by atoms with Crippen molar-refractivity contribution >= 4 is 11.9 Å². The molecule has 18 heavy (non-hydrogen) atoms.